The van der Waals surface area contributed by atoms with Gasteiger partial charge in [-0.2, -0.15) is 0 Å². The maximum absolute atomic E-state index is 13.7. The summed E-state index contributed by atoms with van der Waals surface area (Å²) in [6, 6.07) is 5.99. The molecule has 0 spiro atoms. The molecule has 12 heteroatoms. The molecule has 182 valence electrons. The number of sulfonamides is 1. The lowest BCUT2D eigenvalue weighted by atomic mass is 10.1. The molecular weight excluding hydrogens is 491 g/mol. The van der Waals surface area contributed by atoms with Gasteiger partial charge in [0.05, 0.1) is 16.6 Å². The minimum atomic E-state index is -3.15. The molecule has 0 amide bonds. The third-order valence-corrected chi connectivity index (χ3v) is 9.63. The SMILES string of the molecule is O=S(=O)(C1CC1)N1CCC(Nc2nccc(-c3c(-c4ccc(F)c(O)c4)nc4sccn34)n2)CC1. The zero-order valence-electron chi connectivity index (χ0n) is 18.6. The Morgan fingerprint density at radius 1 is 1.11 bits per heavy atom. The second kappa shape index (κ2) is 8.54. The van der Waals surface area contributed by atoms with Crippen molar-refractivity contribution in [3.63, 3.8) is 0 Å². The maximum atomic E-state index is 13.7. The van der Waals surface area contributed by atoms with E-state index in [2.05, 4.69) is 10.3 Å². The number of anilines is 1. The third-order valence-electron chi connectivity index (χ3n) is 6.47. The Morgan fingerprint density at radius 2 is 1.91 bits per heavy atom. The summed E-state index contributed by atoms with van der Waals surface area (Å²) in [5.41, 5.74) is 2.49. The first-order valence-corrected chi connectivity index (χ1v) is 13.8. The lowest BCUT2D eigenvalue weighted by Crippen LogP contribution is -2.43. The molecular formula is C23H23FN6O3S2. The number of piperidine rings is 1. The van der Waals surface area contributed by atoms with Crippen LogP contribution in [-0.2, 0) is 10.0 Å². The Bertz CT molecular complexity index is 1510. The smallest absolute Gasteiger partial charge is 0.223 e. The number of nitrogens with zero attached hydrogens (tertiary/aromatic N) is 5. The van der Waals surface area contributed by atoms with Crippen LogP contribution >= 0.6 is 11.3 Å². The maximum Gasteiger partial charge on any atom is 0.223 e. The number of rotatable bonds is 6. The molecule has 6 rings (SSSR count). The van der Waals surface area contributed by atoms with Crippen LogP contribution in [0.2, 0.25) is 0 Å². The topological polar surface area (TPSA) is 113 Å². The molecule has 4 aromatic rings. The van der Waals surface area contributed by atoms with E-state index in [1.807, 2.05) is 16.0 Å². The normalized spacial score (nSPS) is 17.7. The fraction of sp³-hybridized carbons (Fsp3) is 0.348. The van der Waals surface area contributed by atoms with Gasteiger partial charge in [-0.05, 0) is 49.9 Å². The fourth-order valence-electron chi connectivity index (χ4n) is 4.47. The number of phenols is 1. The molecule has 3 aromatic heterocycles. The van der Waals surface area contributed by atoms with Gasteiger partial charge < -0.3 is 10.4 Å². The van der Waals surface area contributed by atoms with Gasteiger partial charge in [0.2, 0.25) is 16.0 Å². The van der Waals surface area contributed by atoms with E-state index in [1.54, 1.807) is 22.6 Å². The molecule has 2 fully saturated rings. The Balaban J connectivity index is 1.26. The summed E-state index contributed by atoms with van der Waals surface area (Å²) in [4.78, 5) is 14.5. The molecule has 35 heavy (non-hydrogen) atoms. The molecule has 0 bridgehead atoms. The first kappa shape index (κ1) is 22.4. The van der Waals surface area contributed by atoms with Gasteiger partial charge in [0, 0.05) is 42.5 Å². The van der Waals surface area contributed by atoms with Gasteiger partial charge >= 0.3 is 0 Å². The Morgan fingerprint density at radius 3 is 2.66 bits per heavy atom. The van der Waals surface area contributed by atoms with Gasteiger partial charge in [-0.3, -0.25) is 4.40 Å². The first-order valence-electron chi connectivity index (χ1n) is 11.4. The third kappa shape index (κ3) is 4.15. The van der Waals surface area contributed by atoms with Crippen molar-refractivity contribution in [1.29, 1.82) is 0 Å². The summed E-state index contributed by atoms with van der Waals surface area (Å²) in [6.07, 6.45) is 6.46. The van der Waals surface area contributed by atoms with Crippen LogP contribution in [0.4, 0.5) is 10.3 Å². The van der Waals surface area contributed by atoms with Crippen LogP contribution in [0.5, 0.6) is 5.75 Å². The largest absolute Gasteiger partial charge is 0.505 e. The highest BCUT2D eigenvalue weighted by Gasteiger charge is 2.41. The van der Waals surface area contributed by atoms with Gasteiger partial charge in [-0.1, -0.05) is 0 Å². The van der Waals surface area contributed by atoms with E-state index < -0.39 is 21.6 Å². The van der Waals surface area contributed by atoms with Crippen LogP contribution in [-0.4, -0.2) is 61.6 Å². The van der Waals surface area contributed by atoms with Crippen molar-refractivity contribution in [2.45, 2.75) is 37.0 Å². The molecule has 9 nitrogen and oxygen atoms in total. The minimum Gasteiger partial charge on any atom is -0.505 e. The van der Waals surface area contributed by atoms with Gasteiger partial charge in [0.25, 0.3) is 0 Å². The highest BCUT2D eigenvalue weighted by atomic mass is 32.2. The monoisotopic (exact) mass is 514 g/mol. The minimum absolute atomic E-state index is 0.0658. The van der Waals surface area contributed by atoms with Gasteiger partial charge in [0.1, 0.15) is 5.69 Å². The van der Waals surface area contributed by atoms with Crippen molar-refractivity contribution in [3.05, 3.63) is 47.9 Å². The second-order valence-corrected chi connectivity index (χ2v) is 11.9. The molecule has 4 heterocycles. The van der Waals surface area contributed by atoms with Gasteiger partial charge in [0.15, 0.2) is 16.5 Å². The molecule has 0 atom stereocenters. The number of phenolic OH excluding ortho intramolecular Hbond substituents is 1. The van der Waals surface area contributed by atoms with E-state index in [9.17, 15) is 17.9 Å². The lowest BCUT2D eigenvalue weighted by Gasteiger charge is -2.31. The number of aromatic hydroxyl groups is 1. The summed E-state index contributed by atoms with van der Waals surface area (Å²) in [5, 5.41) is 15.0. The van der Waals surface area contributed by atoms with Crippen LogP contribution in [0, 0.1) is 5.82 Å². The van der Waals surface area contributed by atoms with E-state index in [-0.39, 0.29) is 11.3 Å². The molecule has 1 aromatic carbocycles. The van der Waals surface area contributed by atoms with Gasteiger partial charge in [-0.15, -0.1) is 11.3 Å². The Labute approximate surface area is 205 Å². The predicted octanol–water partition coefficient (Wildman–Crippen LogP) is 3.73. The van der Waals surface area contributed by atoms with Crippen LogP contribution < -0.4 is 5.32 Å². The first-order chi connectivity index (χ1) is 16.9. The Kier molecular flexibility index (Phi) is 5.46. The number of halogens is 1. The van der Waals surface area contributed by atoms with Crippen molar-refractivity contribution < 1.29 is 17.9 Å². The number of nitrogens with one attached hydrogen (secondary N) is 1. The average Bonchev–Trinajstić information content (AvgIpc) is 3.52. The molecule has 0 radical (unpaired) electrons. The van der Waals surface area contributed by atoms with E-state index in [1.165, 1.54) is 23.5 Å². The number of benzene rings is 1. The highest BCUT2D eigenvalue weighted by molar-refractivity contribution is 7.90. The average molecular weight is 515 g/mol. The van der Waals surface area contributed by atoms with E-state index in [4.69, 9.17) is 9.97 Å². The molecule has 0 unspecified atom stereocenters. The summed E-state index contributed by atoms with van der Waals surface area (Å²) >= 11 is 1.46. The standard InChI is InChI=1S/C23H23FN6O3S2/c24-17-4-1-14(13-19(17)31)20-21(30-11-12-34-23(30)28-20)18-5-8-25-22(27-18)26-15-6-9-29(10-7-15)35(32,33)16-2-3-16/h1,4-5,8,11-13,15-16,31H,2-3,6-7,9-10H2,(H,25,26,27). The van der Waals surface area contributed by atoms with Crippen LogP contribution in [0.1, 0.15) is 25.7 Å². The van der Waals surface area contributed by atoms with Crippen molar-refractivity contribution >= 4 is 32.3 Å². The molecule has 2 N–H and O–H groups in total. The van der Waals surface area contributed by atoms with Crippen molar-refractivity contribution in [1.82, 2.24) is 23.7 Å². The van der Waals surface area contributed by atoms with Crippen molar-refractivity contribution in [3.8, 4) is 28.4 Å². The Hall–Kier alpha value is -3.09. The van der Waals surface area contributed by atoms with E-state index in [0.717, 1.165) is 17.8 Å². The second-order valence-electron chi connectivity index (χ2n) is 8.86. The number of hydrogen-bond donors (Lipinski definition) is 2. The van der Waals surface area contributed by atoms with E-state index in [0.29, 0.717) is 54.5 Å². The quantitative estimate of drug-likeness (QED) is 0.403. The molecule has 2 aliphatic rings. The van der Waals surface area contributed by atoms with Crippen molar-refractivity contribution in [2.75, 3.05) is 18.4 Å². The zero-order chi connectivity index (χ0) is 24.2. The van der Waals surface area contributed by atoms with Crippen molar-refractivity contribution in [2.24, 2.45) is 0 Å². The summed E-state index contributed by atoms with van der Waals surface area (Å²) in [6.45, 7) is 0.985. The van der Waals surface area contributed by atoms with E-state index >= 15 is 0 Å². The van der Waals surface area contributed by atoms with Crippen LogP contribution in [0.3, 0.4) is 0 Å². The summed E-state index contributed by atoms with van der Waals surface area (Å²) < 4.78 is 42.2. The molecule has 1 saturated carbocycles. The summed E-state index contributed by atoms with van der Waals surface area (Å²) in [5.74, 6) is -0.685. The number of hydrogen-bond acceptors (Lipinski definition) is 8. The highest BCUT2D eigenvalue weighted by Crippen LogP contribution is 2.36. The lowest BCUT2D eigenvalue weighted by molar-refractivity contribution is 0.328. The number of thiazole rings is 1. The summed E-state index contributed by atoms with van der Waals surface area (Å²) in [7, 11) is -3.15. The molecule has 1 saturated heterocycles. The molecule has 1 aliphatic heterocycles. The number of fused-ring (bicyclic) bond motifs is 1. The molecule has 1 aliphatic carbocycles. The zero-order valence-corrected chi connectivity index (χ0v) is 20.3. The predicted molar refractivity (Wildman–Crippen MR) is 131 cm³/mol. The number of aromatic nitrogens is 4. The van der Waals surface area contributed by atoms with Gasteiger partial charge in [-0.25, -0.2) is 32.1 Å². The van der Waals surface area contributed by atoms with Crippen LogP contribution in [0.15, 0.2) is 42.0 Å². The van der Waals surface area contributed by atoms with Crippen LogP contribution in [0.25, 0.3) is 27.6 Å². The fourth-order valence-corrected chi connectivity index (χ4v) is 7.05. The number of imidazole rings is 1.